The number of carbonyl (C=O) groups is 8. The molecule has 0 fully saturated rings. The average Bonchev–Trinajstić information content (AvgIpc) is 3.52. The summed E-state index contributed by atoms with van der Waals surface area (Å²) in [4.78, 5) is 91.0. The molecular weight excluding hydrogens is 660 g/mol. The van der Waals surface area contributed by atoms with E-state index >= 15 is 0 Å². The highest BCUT2D eigenvalue weighted by Gasteiger charge is 2.32. The molecule has 2 aliphatic rings. The maximum absolute atomic E-state index is 11.5. The lowest BCUT2D eigenvalue weighted by molar-refractivity contribution is 0.0425. The van der Waals surface area contributed by atoms with Gasteiger partial charge in [-0.1, -0.05) is 26.0 Å². The van der Waals surface area contributed by atoms with Crippen LogP contribution in [0, 0.1) is 0 Å². The van der Waals surface area contributed by atoms with Crippen molar-refractivity contribution in [3.63, 3.8) is 0 Å². The number of fused-ring (bicyclic) bond motifs is 2. The van der Waals surface area contributed by atoms with Gasteiger partial charge in [-0.15, -0.1) is 0 Å². The van der Waals surface area contributed by atoms with Crippen LogP contribution < -0.4 is 4.74 Å². The van der Waals surface area contributed by atoms with E-state index in [-0.39, 0.29) is 44.9 Å². The Kier molecular flexibility index (Phi) is 8.75. The molecule has 0 aromatic heterocycles. The maximum atomic E-state index is 11.5. The van der Waals surface area contributed by atoms with Crippen molar-refractivity contribution in [1.82, 2.24) is 0 Å². The molecule has 2 heterocycles. The van der Waals surface area contributed by atoms with Crippen molar-refractivity contribution < 1.29 is 73.0 Å². The minimum atomic E-state index is -1.41. The van der Waals surface area contributed by atoms with Gasteiger partial charge in [-0.2, -0.15) is 0 Å². The molecule has 50 heavy (non-hydrogen) atoms. The number of rotatable bonds is 8. The topological polar surface area (TPSA) is 245 Å². The van der Waals surface area contributed by atoms with Crippen molar-refractivity contribution in [1.29, 1.82) is 0 Å². The lowest BCUT2D eigenvalue weighted by Gasteiger charge is -2.27. The summed E-state index contributed by atoms with van der Waals surface area (Å²) in [6.45, 7) is 3.38. The van der Waals surface area contributed by atoms with Crippen molar-refractivity contribution in [2.45, 2.75) is 19.3 Å². The van der Waals surface area contributed by atoms with Gasteiger partial charge in [0, 0.05) is 5.41 Å². The van der Waals surface area contributed by atoms with Crippen molar-refractivity contribution in [3.05, 3.63) is 128 Å². The largest absolute Gasteiger partial charge is 0.478 e. The predicted molar refractivity (Wildman–Crippen MR) is 165 cm³/mol. The van der Waals surface area contributed by atoms with E-state index in [0.29, 0.717) is 11.1 Å². The van der Waals surface area contributed by atoms with Crippen LogP contribution in [0.5, 0.6) is 11.5 Å². The lowest BCUT2D eigenvalue weighted by atomic mass is 9.76. The smallest absolute Gasteiger partial charge is 0.347 e. The first-order valence-corrected chi connectivity index (χ1v) is 14.2. The Morgan fingerprint density at radius 1 is 0.480 bits per heavy atom. The zero-order chi connectivity index (χ0) is 36.7. The molecule has 0 unspecified atom stereocenters. The summed E-state index contributed by atoms with van der Waals surface area (Å²) in [5, 5.41) is 36.8. The SMILES string of the molecule is CC(C)(c1ccc(C(=O)O)c(C(=O)O)c1)c1ccc(C(=O)O)c(C(=O)O)c1.O=C1OC(=O)c2cc(Oc3ccc4c(c3)C(=O)OC4=O)ccc21. The molecular formula is C35H22O15. The molecule has 0 aliphatic carbocycles. The molecule has 15 nitrogen and oxygen atoms in total. The third-order valence-electron chi connectivity index (χ3n) is 7.87. The van der Waals surface area contributed by atoms with Gasteiger partial charge in [-0.3, -0.25) is 0 Å². The van der Waals surface area contributed by atoms with E-state index in [4.69, 9.17) is 14.9 Å². The van der Waals surface area contributed by atoms with Crippen LogP contribution >= 0.6 is 0 Å². The number of carboxylic acids is 4. The molecule has 0 saturated heterocycles. The number of benzene rings is 4. The van der Waals surface area contributed by atoms with E-state index in [1.165, 1.54) is 72.8 Å². The number of esters is 4. The highest BCUT2D eigenvalue weighted by molar-refractivity contribution is 6.15. The van der Waals surface area contributed by atoms with Gasteiger partial charge in [-0.05, 0) is 71.8 Å². The molecule has 2 aliphatic heterocycles. The zero-order valence-corrected chi connectivity index (χ0v) is 25.7. The number of ether oxygens (including phenoxy) is 3. The molecule has 15 heteroatoms. The molecule has 4 aromatic rings. The molecule has 4 aromatic carbocycles. The quantitative estimate of drug-likeness (QED) is 0.142. The molecule has 0 amide bonds. The molecule has 6 rings (SSSR count). The summed E-state index contributed by atoms with van der Waals surface area (Å²) in [6.07, 6.45) is 0. The normalized spacial score (nSPS) is 12.9. The molecule has 0 spiro atoms. The van der Waals surface area contributed by atoms with Crippen LogP contribution in [-0.4, -0.2) is 68.2 Å². The first-order valence-electron chi connectivity index (χ1n) is 14.2. The minimum absolute atomic E-state index is 0.114. The highest BCUT2D eigenvalue weighted by atomic mass is 16.6. The van der Waals surface area contributed by atoms with E-state index < -0.39 is 64.3 Å². The first kappa shape index (κ1) is 34.2. The standard InChI is InChI=1S/C19H16O8.C16H6O7/c1-19(2,9-3-5-11(15(20)21)13(7-9)17(24)25)10-4-6-12(16(22)23)14(8-10)18(26)27;17-13-9-3-1-7(5-11(9)15(19)22-13)21-8-2-4-10-12(6-8)16(20)23-14(10)18/h3-8H,1-2H3,(H,20,21)(H,22,23)(H,24,25)(H,26,27);1-6H. The monoisotopic (exact) mass is 682 g/mol. The fraction of sp³-hybridized carbons (Fsp3) is 0.0857. The Hall–Kier alpha value is -7.16. The molecule has 0 saturated carbocycles. The average molecular weight is 683 g/mol. The van der Waals surface area contributed by atoms with E-state index in [1.807, 2.05) is 0 Å². The van der Waals surface area contributed by atoms with E-state index in [9.17, 15) is 48.6 Å². The molecule has 4 N–H and O–H groups in total. The van der Waals surface area contributed by atoms with Crippen LogP contribution in [0.25, 0.3) is 0 Å². The van der Waals surface area contributed by atoms with Gasteiger partial charge in [0.05, 0.1) is 44.5 Å². The summed E-state index contributed by atoms with van der Waals surface area (Å²) >= 11 is 0. The van der Waals surface area contributed by atoms with Gasteiger partial charge >= 0.3 is 47.8 Å². The molecule has 252 valence electrons. The van der Waals surface area contributed by atoms with Crippen LogP contribution in [0.15, 0.2) is 72.8 Å². The van der Waals surface area contributed by atoms with Gasteiger partial charge in [0.15, 0.2) is 0 Å². The summed E-state index contributed by atoms with van der Waals surface area (Å²) in [6, 6.07) is 16.3. The van der Waals surface area contributed by atoms with Crippen LogP contribution in [0.2, 0.25) is 0 Å². The summed E-state index contributed by atoms with van der Waals surface area (Å²) in [5.41, 5.74) is -0.995. The van der Waals surface area contributed by atoms with Gasteiger partial charge in [0.2, 0.25) is 0 Å². The maximum Gasteiger partial charge on any atom is 0.347 e. The number of carboxylic acid groups (broad SMARTS) is 4. The second-order valence-electron chi connectivity index (χ2n) is 11.2. The Morgan fingerprint density at radius 3 is 1.16 bits per heavy atom. The fourth-order valence-corrected chi connectivity index (χ4v) is 5.15. The summed E-state index contributed by atoms with van der Waals surface area (Å²) < 4.78 is 14.5. The van der Waals surface area contributed by atoms with Gasteiger partial charge < -0.3 is 34.6 Å². The van der Waals surface area contributed by atoms with Crippen molar-refractivity contribution in [3.8, 4) is 11.5 Å². The zero-order valence-electron chi connectivity index (χ0n) is 25.7. The third-order valence-corrected chi connectivity index (χ3v) is 7.87. The second-order valence-corrected chi connectivity index (χ2v) is 11.2. The van der Waals surface area contributed by atoms with Crippen molar-refractivity contribution >= 4 is 47.8 Å². The highest BCUT2D eigenvalue weighted by Crippen LogP contribution is 2.34. The van der Waals surface area contributed by atoms with Gasteiger partial charge in [0.25, 0.3) is 0 Å². The Morgan fingerprint density at radius 2 is 0.820 bits per heavy atom. The number of hydrogen-bond donors (Lipinski definition) is 4. The predicted octanol–water partition coefficient (Wildman–Crippen LogP) is 4.91. The van der Waals surface area contributed by atoms with E-state index in [2.05, 4.69) is 9.47 Å². The number of aromatic carboxylic acids is 4. The molecule has 0 bridgehead atoms. The molecule has 0 radical (unpaired) electrons. The Bertz CT molecular complexity index is 2060. The number of hydrogen-bond acceptors (Lipinski definition) is 11. The third kappa shape index (κ3) is 6.37. The second kappa shape index (κ2) is 12.8. The molecule has 0 atom stereocenters. The summed E-state index contributed by atoms with van der Waals surface area (Å²) in [7, 11) is 0. The minimum Gasteiger partial charge on any atom is -0.478 e. The fourth-order valence-electron chi connectivity index (χ4n) is 5.15. The first-order chi connectivity index (χ1) is 23.5. The van der Waals surface area contributed by atoms with Crippen LogP contribution in [0.4, 0.5) is 0 Å². The number of carbonyl (C=O) groups excluding carboxylic acids is 4. The van der Waals surface area contributed by atoms with E-state index in [1.54, 1.807) is 13.8 Å². The Balaban J connectivity index is 0.000000196. The van der Waals surface area contributed by atoms with Crippen LogP contribution in [-0.2, 0) is 14.9 Å². The van der Waals surface area contributed by atoms with Crippen molar-refractivity contribution in [2.24, 2.45) is 0 Å². The number of cyclic esters (lactones) is 4. The van der Waals surface area contributed by atoms with Gasteiger partial charge in [-0.25, -0.2) is 38.4 Å². The van der Waals surface area contributed by atoms with Crippen molar-refractivity contribution in [2.75, 3.05) is 0 Å². The Labute approximate surface area is 279 Å². The van der Waals surface area contributed by atoms with Crippen LogP contribution in [0.3, 0.4) is 0 Å². The van der Waals surface area contributed by atoms with Gasteiger partial charge in [0.1, 0.15) is 11.5 Å². The summed E-state index contributed by atoms with van der Waals surface area (Å²) in [5.74, 6) is -7.87. The lowest BCUT2D eigenvalue weighted by Crippen LogP contribution is -2.22. The van der Waals surface area contributed by atoms with E-state index in [0.717, 1.165) is 0 Å². The van der Waals surface area contributed by atoms with Crippen LogP contribution in [0.1, 0.15) is 108 Å².